The summed E-state index contributed by atoms with van der Waals surface area (Å²) in [5.74, 6) is 0.492. The van der Waals surface area contributed by atoms with Crippen LogP contribution >= 0.6 is 0 Å². The zero-order chi connectivity index (χ0) is 17.7. The van der Waals surface area contributed by atoms with Crippen LogP contribution in [0.4, 0.5) is 0 Å². The number of hydrogen-bond acceptors (Lipinski definition) is 4. The Morgan fingerprint density at radius 2 is 1.96 bits per heavy atom. The fourth-order valence-corrected chi connectivity index (χ4v) is 2.45. The summed E-state index contributed by atoms with van der Waals surface area (Å²) in [5.41, 5.74) is 2.14. The molecule has 0 radical (unpaired) electrons. The average molecular weight is 330 g/mol. The van der Waals surface area contributed by atoms with Gasteiger partial charge in [0, 0.05) is 6.42 Å². The minimum atomic E-state index is -0.648. The molecule has 2 aromatic rings. The lowest BCUT2D eigenvalue weighted by Gasteiger charge is -2.20. The summed E-state index contributed by atoms with van der Waals surface area (Å²) < 4.78 is 0. The third-order valence-corrected chi connectivity index (χ3v) is 4.03. The summed E-state index contributed by atoms with van der Waals surface area (Å²) in [6.07, 6.45) is 1.39. The smallest absolute Gasteiger partial charge is 0.220 e. The van der Waals surface area contributed by atoms with Crippen LogP contribution in [0.15, 0.2) is 30.6 Å². The number of rotatable bonds is 6. The molecule has 2 rings (SSSR count). The van der Waals surface area contributed by atoms with Gasteiger partial charge in [-0.25, -0.2) is 4.98 Å². The third-order valence-electron chi connectivity index (χ3n) is 4.03. The van der Waals surface area contributed by atoms with Crippen LogP contribution in [0.1, 0.15) is 69.6 Å². The van der Waals surface area contributed by atoms with Gasteiger partial charge in [-0.1, -0.05) is 45.0 Å². The third kappa shape index (κ3) is 4.89. The number of aromatic nitrogens is 3. The summed E-state index contributed by atoms with van der Waals surface area (Å²) in [6.45, 7) is 8.29. The summed E-state index contributed by atoms with van der Waals surface area (Å²) in [4.78, 5) is 16.0. The Bertz CT molecular complexity index is 645. The first-order valence-corrected chi connectivity index (χ1v) is 8.20. The van der Waals surface area contributed by atoms with Gasteiger partial charge in [0.05, 0.1) is 12.1 Å². The van der Waals surface area contributed by atoms with E-state index in [1.165, 1.54) is 11.9 Å². The van der Waals surface area contributed by atoms with E-state index in [1.54, 1.807) is 0 Å². The van der Waals surface area contributed by atoms with Gasteiger partial charge in [-0.3, -0.25) is 9.89 Å². The number of benzene rings is 1. The molecule has 2 unspecified atom stereocenters. The van der Waals surface area contributed by atoms with Gasteiger partial charge in [0.2, 0.25) is 5.91 Å². The Morgan fingerprint density at radius 1 is 1.29 bits per heavy atom. The number of amides is 1. The lowest BCUT2D eigenvalue weighted by atomic mass is 9.86. The lowest BCUT2D eigenvalue weighted by Crippen LogP contribution is -2.27. The summed E-state index contributed by atoms with van der Waals surface area (Å²) in [7, 11) is 0. The van der Waals surface area contributed by atoms with Crippen LogP contribution in [-0.4, -0.2) is 26.2 Å². The van der Waals surface area contributed by atoms with Crippen molar-refractivity contribution in [2.24, 2.45) is 0 Å². The van der Waals surface area contributed by atoms with Gasteiger partial charge < -0.3 is 10.4 Å². The molecule has 1 aromatic carbocycles. The average Bonchev–Trinajstić information content (AvgIpc) is 3.06. The molecule has 130 valence electrons. The van der Waals surface area contributed by atoms with Crippen LogP contribution in [0.3, 0.4) is 0 Å². The molecule has 6 heteroatoms. The molecule has 6 nitrogen and oxygen atoms in total. The Kier molecular flexibility index (Phi) is 5.72. The number of nitrogens with one attached hydrogen (secondary N) is 2. The van der Waals surface area contributed by atoms with Gasteiger partial charge in [-0.05, 0) is 29.9 Å². The van der Waals surface area contributed by atoms with E-state index in [4.69, 9.17) is 0 Å². The Labute approximate surface area is 142 Å². The second-order valence-electron chi connectivity index (χ2n) is 7.09. The number of hydrogen-bond donors (Lipinski definition) is 3. The van der Waals surface area contributed by atoms with Crippen molar-refractivity contribution in [2.45, 2.75) is 58.1 Å². The van der Waals surface area contributed by atoms with Crippen LogP contribution in [0.2, 0.25) is 0 Å². The molecule has 0 aliphatic heterocycles. The van der Waals surface area contributed by atoms with Crippen LogP contribution in [0, 0.1) is 0 Å². The van der Waals surface area contributed by atoms with E-state index in [0.29, 0.717) is 12.2 Å². The fourth-order valence-electron chi connectivity index (χ4n) is 2.45. The predicted molar refractivity (Wildman–Crippen MR) is 92.3 cm³/mol. The van der Waals surface area contributed by atoms with E-state index in [1.807, 2.05) is 31.2 Å². The van der Waals surface area contributed by atoms with Crippen LogP contribution in [0.25, 0.3) is 0 Å². The van der Waals surface area contributed by atoms with Crippen molar-refractivity contribution < 1.29 is 9.90 Å². The normalized spacial score (nSPS) is 14.2. The van der Waals surface area contributed by atoms with E-state index >= 15 is 0 Å². The molecule has 24 heavy (non-hydrogen) atoms. The molecule has 0 saturated carbocycles. The van der Waals surface area contributed by atoms with Crippen molar-refractivity contribution in [3.8, 4) is 0 Å². The van der Waals surface area contributed by atoms with Crippen LogP contribution < -0.4 is 5.32 Å². The molecule has 0 fully saturated rings. The van der Waals surface area contributed by atoms with E-state index in [2.05, 4.69) is 41.3 Å². The first-order chi connectivity index (χ1) is 11.3. The molecular weight excluding hydrogens is 304 g/mol. The molecule has 1 aromatic heterocycles. The van der Waals surface area contributed by atoms with Gasteiger partial charge in [0.15, 0.2) is 0 Å². The quantitative estimate of drug-likeness (QED) is 0.759. The van der Waals surface area contributed by atoms with Crippen LogP contribution in [-0.2, 0) is 10.2 Å². The molecule has 3 N–H and O–H groups in total. The van der Waals surface area contributed by atoms with Crippen molar-refractivity contribution in [3.63, 3.8) is 0 Å². The highest BCUT2D eigenvalue weighted by Gasteiger charge is 2.16. The zero-order valence-electron chi connectivity index (χ0n) is 14.7. The molecule has 0 bridgehead atoms. The highest BCUT2D eigenvalue weighted by Crippen LogP contribution is 2.25. The monoisotopic (exact) mass is 330 g/mol. The summed E-state index contributed by atoms with van der Waals surface area (Å²) in [5, 5.41) is 19.6. The molecule has 1 amide bonds. The highest BCUT2D eigenvalue weighted by atomic mass is 16.3. The molecule has 0 spiro atoms. The van der Waals surface area contributed by atoms with Gasteiger partial charge in [0.25, 0.3) is 0 Å². The number of carbonyl (C=O) groups excluding carboxylic acids is 1. The van der Waals surface area contributed by atoms with E-state index in [0.717, 1.165) is 5.56 Å². The maximum Gasteiger partial charge on any atom is 0.220 e. The topological polar surface area (TPSA) is 90.9 Å². The Hall–Kier alpha value is -2.21. The maximum atomic E-state index is 12.0. The molecule has 0 aliphatic carbocycles. The first-order valence-electron chi connectivity index (χ1n) is 8.20. The van der Waals surface area contributed by atoms with Gasteiger partial charge in [-0.15, -0.1) is 0 Å². The maximum absolute atomic E-state index is 12.0. The summed E-state index contributed by atoms with van der Waals surface area (Å²) in [6, 6.07) is 7.69. The number of carbonyl (C=O) groups is 1. The number of aliphatic hydroxyl groups is 1. The predicted octanol–water partition coefficient (Wildman–Crippen LogP) is 2.79. The second kappa shape index (κ2) is 7.57. The van der Waals surface area contributed by atoms with E-state index < -0.39 is 6.10 Å². The van der Waals surface area contributed by atoms with Crippen molar-refractivity contribution in [3.05, 3.63) is 47.5 Å². The standard InChI is InChI=1S/C18H26N4O2/c1-12(17-19-11-20-22-17)21-16(24)10-9-15(23)13-5-7-14(8-6-13)18(2,3)4/h5-8,11-12,15,23H,9-10H2,1-4H3,(H,21,24)(H,19,20,22). The van der Waals surface area contributed by atoms with Crippen LogP contribution in [0.5, 0.6) is 0 Å². The van der Waals surface area contributed by atoms with Crippen molar-refractivity contribution in [1.29, 1.82) is 0 Å². The van der Waals surface area contributed by atoms with E-state index in [9.17, 15) is 9.90 Å². The highest BCUT2D eigenvalue weighted by molar-refractivity contribution is 5.76. The number of aliphatic hydroxyl groups excluding tert-OH is 1. The minimum absolute atomic E-state index is 0.0835. The molecule has 0 aliphatic rings. The lowest BCUT2D eigenvalue weighted by molar-refractivity contribution is -0.122. The minimum Gasteiger partial charge on any atom is -0.388 e. The second-order valence-corrected chi connectivity index (χ2v) is 7.09. The Morgan fingerprint density at radius 3 is 2.50 bits per heavy atom. The van der Waals surface area contributed by atoms with Gasteiger partial charge in [-0.2, -0.15) is 5.10 Å². The number of nitrogens with zero attached hydrogens (tertiary/aromatic N) is 2. The van der Waals surface area contributed by atoms with Crippen molar-refractivity contribution >= 4 is 5.91 Å². The zero-order valence-corrected chi connectivity index (χ0v) is 14.7. The fraction of sp³-hybridized carbons (Fsp3) is 0.500. The molecule has 0 saturated heterocycles. The summed E-state index contributed by atoms with van der Waals surface area (Å²) >= 11 is 0. The Balaban J connectivity index is 1.84. The molecule has 1 heterocycles. The number of H-pyrrole nitrogens is 1. The molecular formula is C18H26N4O2. The van der Waals surface area contributed by atoms with Gasteiger partial charge in [0.1, 0.15) is 12.2 Å². The van der Waals surface area contributed by atoms with Crippen molar-refractivity contribution in [1.82, 2.24) is 20.5 Å². The SMILES string of the molecule is CC(NC(=O)CCC(O)c1ccc(C(C)(C)C)cc1)c1ncn[nH]1. The van der Waals surface area contributed by atoms with E-state index in [-0.39, 0.29) is 23.8 Å². The largest absolute Gasteiger partial charge is 0.388 e. The number of aromatic amines is 1. The molecule has 2 atom stereocenters. The first kappa shape index (κ1) is 18.1. The van der Waals surface area contributed by atoms with Gasteiger partial charge >= 0.3 is 0 Å². The van der Waals surface area contributed by atoms with Crippen molar-refractivity contribution in [2.75, 3.05) is 0 Å².